The Balaban J connectivity index is 2.06. The number of carbonyl (C=O) groups excluding carboxylic acids is 1. The number of benzene rings is 1. The minimum absolute atomic E-state index is 0.108. The molecule has 0 saturated heterocycles. The molecule has 1 heterocycles. The van der Waals surface area contributed by atoms with Gasteiger partial charge in [-0.25, -0.2) is 4.98 Å². The molecule has 4 nitrogen and oxygen atoms in total. The highest BCUT2D eigenvalue weighted by molar-refractivity contribution is 7.09. The van der Waals surface area contributed by atoms with Gasteiger partial charge in [0.15, 0.2) is 0 Å². The second-order valence-electron chi connectivity index (χ2n) is 4.45. The van der Waals surface area contributed by atoms with Crippen molar-refractivity contribution < 1.29 is 9.53 Å². The summed E-state index contributed by atoms with van der Waals surface area (Å²) in [6.45, 7) is 6.38. The van der Waals surface area contributed by atoms with Crippen molar-refractivity contribution in [3.8, 4) is 5.75 Å². The van der Waals surface area contributed by atoms with Crippen LogP contribution in [0.4, 0.5) is 0 Å². The van der Waals surface area contributed by atoms with Gasteiger partial charge in [0, 0.05) is 10.9 Å². The molecule has 0 aliphatic heterocycles. The lowest BCUT2D eigenvalue weighted by molar-refractivity contribution is 0.0938. The number of amides is 1. The van der Waals surface area contributed by atoms with Gasteiger partial charge < -0.3 is 10.1 Å². The normalized spacial score (nSPS) is 11.9. The minimum atomic E-state index is -0.121. The number of aryl methyl sites for hydroxylation is 1. The number of aromatic nitrogens is 1. The Kier molecular flexibility index (Phi) is 4.74. The monoisotopic (exact) mass is 290 g/mol. The fourth-order valence-corrected chi connectivity index (χ4v) is 2.53. The number of nitrogens with zero attached hydrogens (tertiary/aromatic N) is 1. The summed E-state index contributed by atoms with van der Waals surface area (Å²) in [6, 6.07) is 7.07. The molecule has 0 aliphatic carbocycles. The van der Waals surface area contributed by atoms with Gasteiger partial charge >= 0.3 is 0 Å². The number of thiazole rings is 1. The zero-order valence-corrected chi connectivity index (χ0v) is 12.7. The highest BCUT2D eigenvalue weighted by Crippen LogP contribution is 2.17. The average molecular weight is 290 g/mol. The van der Waals surface area contributed by atoms with Crippen molar-refractivity contribution in [3.63, 3.8) is 0 Å². The molecule has 1 N–H and O–H groups in total. The van der Waals surface area contributed by atoms with Gasteiger partial charge in [-0.05, 0) is 39.0 Å². The van der Waals surface area contributed by atoms with E-state index in [1.807, 2.05) is 38.3 Å². The van der Waals surface area contributed by atoms with E-state index in [1.165, 1.54) is 0 Å². The maximum absolute atomic E-state index is 12.2. The molecule has 0 saturated carbocycles. The van der Waals surface area contributed by atoms with Crippen LogP contribution >= 0.6 is 11.3 Å². The molecule has 1 amide bonds. The lowest BCUT2D eigenvalue weighted by Gasteiger charge is -2.12. The largest absolute Gasteiger partial charge is 0.494 e. The van der Waals surface area contributed by atoms with Crippen LogP contribution in [0.25, 0.3) is 0 Å². The second kappa shape index (κ2) is 6.52. The van der Waals surface area contributed by atoms with Crippen LogP contribution in [0.3, 0.4) is 0 Å². The summed E-state index contributed by atoms with van der Waals surface area (Å²) in [6.07, 6.45) is 0. The zero-order valence-electron chi connectivity index (χ0n) is 11.8. The predicted octanol–water partition coefficient (Wildman–Crippen LogP) is 3.34. The van der Waals surface area contributed by atoms with Crippen molar-refractivity contribution >= 4 is 17.2 Å². The zero-order chi connectivity index (χ0) is 14.5. The first-order valence-electron chi connectivity index (χ1n) is 6.56. The van der Waals surface area contributed by atoms with E-state index in [0.717, 1.165) is 10.7 Å². The molecule has 2 aromatic rings. The summed E-state index contributed by atoms with van der Waals surface area (Å²) < 4.78 is 5.40. The average Bonchev–Trinajstić information content (AvgIpc) is 2.86. The smallest absolute Gasteiger partial charge is 0.251 e. The molecule has 1 atom stereocenters. The summed E-state index contributed by atoms with van der Waals surface area (Å²) in [7, 11) is 0. The van der Waals surface area contributed by atoms with E-state index >= 15 is 0 Å². The van der Waals surface area contributed by atoms with Gasteiger partial charge in [-0.2, -0.15) is 0 Å². The Morgan fingerprint density at radius 1 is 1.50 bits per heavy atom. The predicted molar refractivity (Wildman–Crippen MR) is 80.3 cm³/mol. The first kappa shape index (κ1) is 14.5. The van der Waals surface area contributed by atoms with Crippen molar-refractivity contribution in [1.82, 2.24) is 10.3 Å². The summed E-state index contributed by atoms with van der Waals surface area (Å²) >= 11 is 1.58. The van der Waals surface area contributed by atoms with E-state index in [2.05, 4.69) is 10.3 Å². The third-order valence-electron chi connectivity index (χ3n) is 2.84. The third-order valence-corrected chi connectivity index (χ3v) is 3.63. The van der Waals surface area contributed by atoms with E-state index in [9.17, 15) is 4.79 Å². The topological polar surface area (TPSA) is 51.2 Å². The Morgan fingerprint density at radius 2 is 2.30 bits per heavy atom. The van der Waals surface area contributed by atoms with Crippen LogP contribution in [0.15, 0.2) is 29.6 Å². The number of nitrogens with one attached hydrogen (secondary N) is 1. The second-order valence-corrected chi connectivity index (χ2v) is 5.51. The molecule has 1 unspecified atom stereocenters. The number of hydrogen-bond donors (Lipinski definition) is 1. The lowest BCUT2D eigenvalue weighted by atomic mass is 10.1. The Hall–Kier alpha value is -1.88. The van der Waals surface area contributed by atoms with Gasteiger partial charge in [-0.3, -0.25) is 4.79 Å². The lowest BCUT2D eigenvalue weighted by Crippen LogP contribution is -2.26. The van der Waals surface area contributed by atoms with Gasteiger partial charge in [0.2, 0.25) is 0 Å². The van der Waals surface area contributed by atoms with E-state index in [4.69, 9.17) is 4.74 Å². The van der Waals surface area contributed by atoms with Gasteiger partial charge in [-0.15, -0.1) is 11.3 Å². The molecule has 1 aromatic heterocycles. The van der Waals surface area contributed by atoms with Crippen LogP contribution in [0.2, 0.25) is 0 Å². The van der Waals surface area contributed by atoms with Crippen LogP contribution in [0.5, 0.6) is 5.75 Å². The maximum atomic E-state index is 12.2. The summed E-state index contributed by atoms with van der Waals surface area (Å²) in [5.41, 5.74) is 1.48. The van der Waals surface area contributed by atoms with E-state index < -0.39 is 0 Å². The third kappa shape index (κ3) is 3.57. The van der Waals surface area contributed by atoms with E-state index in [1.54, 1.807) is 23.5 Å². The van der Waals surface area contributed by atoms with Crippen LogP contribution in [0.1, 0.15) is 40.9 Å². The van der Waals surface area contributed by atoms with Crippen LogP contribution in [-0.4, -0.2) is 17.5 Å². The summed E-state index contributed by atoms with van der Waals surface area (Å²) in [4.78, 5) is 16.6. The highest BCUT2D eigenvalue weighted by atomic mass is 32.1. The standard InChI is InChI=1S/C15H18N2O2S/c1-4-19-13-7-5-6-12(8-13)15(18)16-10(2)14-9-20-11(3)17-14/h5-10H,4H2,1-3H3,(H,16,18). The van der Waals surface area contributed by atoms with Gasteiger partial charge in [0.05, 0.1) is 23.4 Å². The van der Waals surface area contributed by atoms with Crippen molar-refractivity contribution in [2.45, 2.75) is 26.8 Å². The minimum Gasteiger partial charge on any atom is -0.494 e. The molecule has 0 aliphatic rings. The van der Waals surface area contributed by atoms with E-state index in [0.29, 0.717) is 17.9 Å². The van der Waals surface area contributed by atoms with E-state index in [-0.39, 0.29) is 11.9 Å². The molecular formula is C15H18N2O2S. The summed E-state index contributed by atoms with van der Waals surface area (Å²) in [5, 5.41) is 5.91. The molecule has 106 valence electrons. The number of ether oxygens (including phenoxy) is 1. The van der Waals surface area contributed by atoms with Gasteiger partial charge in [-0.1, -0.05) is 6.07 Å². The van der Waals surface area contributed by atoms with Gasteiger partial charge in [0.25, 0.3) is 5.91 Å². The molecule has 0 radical (unpaired) electrons. The van der Waals surface area contributed by atoms with Crippen molar-refractivity contribution in [1.29, 1.82) is 0 Å². The molecule has 1 aromatic carbocycles. The molecule has 0 bridgehead atoms. The number of carbonyl (C=O) groups is 1. The maximum Gasteiger partial charge on any atom is 0.251 e. The van der Waals surface area contributed by atoms with Crippen molar-refractivity contribution in [2.75, 3.05) is 6.61 Å². The SMILES string of the molecule is CCOc1cccc(C(=O)NC(C)c2csc(C)n2)c1. The quantitative estimate of drug-likeness (QED) is 0.919. The van der Waals surface area contributed by atoms with Crippen LogP contribution in [-0.2, 0) is 0 Å². The Bertz CT molecular complexity index is 595. The molecule has 0 spiro atoms. The van der Waals surface area contributed by atoms with Crippen molar-refractivity contribution in [3.05, 3.63) is 45.9 Å². The molecule has 0 fully saturated rings. The fraction of sp³-hybridized carbons (Fsp3) is 0.333. The number of rotatable bonds is 5. The first-order chi connectivity index (χ1) is 9.60. The highest BCUT2D eigenvalue weighted by Gasteiger charge is 2.14. The number of hydrogen-bond acceptors (Lipinski definition) is 4. The summed E-state index contributed by atoms with van der Waals surface area (Å²) in [5.74, 6) is 0.585. The fourth-order valence-electron chi connectivity index (χ4n) is 1.83. The molecule has 20 heavy (non-hydrogen) atoms. The van der Waals surface area contributed by atoms with Crippen LogP contribution < -0.4 is 10.1 Å². The van der Waals surface area contributed by atoms with Gasteiger partial charge in [0.1, 0.15) is 5.75 Å². The Labute approximate surface area is 122 Å². The molecule has 5 heteroatoms. The van der Waals surface area contributed by atoms with Crippen LogP contribution in [0, 0.1) is 6.92 Å². The first-order valence-corrected chi connectivity index (χ1v) is 7.44. The molecule has 2 rings (SSSR count). The van der Waals surface area contributed by atoms with Crippen molar-refractivity contribution in [2.24, 2.45) is 0 Å². The Morgan fingerprint density at radius 3 is 2.95 bits per heavy atom. The molecular weight excluding hydrogens is 272 g/mol.